The summed E-state index contributed by atoms with van der Waals surface area (Å²) in [6.07, 6.45) is 5.26. The molecule has 3 nitrogen and oxygen atoms in total. The van der Waals surface area contributed by atoms with E-state index in [-0.39, 0.29) is 12.0 Å². The third-order valence-corrected chi connectivity index (χ3v) is 4.10. The average molecular weight is 266 g/mol. The molecular weight excluding hydrogens is 248 g/mol. The number of hydrogen-bond donors (Lipinski definition) is 0. The summed E-state index contributed by atoms with van der Waals surface area (Å²) < 4.78 is 1.22. The summed E-state index contributed by atoms with van der Waals surface area (Å²) in [5, 5.41) is 12.6. The van der Waals surface area contributed by atoms with Crippen LogP contribution in [0.5, 0.6) is 0 Å². The Morgan fingerprint density at radius 2 is 1.85 bits per heavy atom. The first kappa shape index (κ1) is 12.9. The standard InChI is InChI=1S/C17H18N2O/c1-2-16-15(13-8-10-18-11-9-13)12-17(19(16)20)14-6-4-3-5-7-14/h3-11,15-16H,2,12H2,1H3. The van der Waals surface area contributed by atoms with Gasteiger partial charge >= 0.3 is 0 Å². The molecule has 20 heavy (non-hydrogen) atoms. The second kappa shape index (κ2) is 5.45. The predicted molar refractivity (Wildman–Crippen MR) is 79.9 cm³/mol. The fourth-order valence-corrected chi connectivity index (χ4v) is 3.07. The van der Waals surface area contributed by atoms with E-state index >= 15 is 0 Å². The molecule has 0 bridgehead atoms. The predicted octanol–water partition coefficient (Wildman–Crippen LogP) is 3.35. The maximum Gasteiger partial charge on any atom is 0.195 e. The zero-order chi connectivity index (χ0) is 13.9. The number of aromatic nitrogens is 1. The molecule has 0 saturated carbocycles. The molecular formula is C17H18N2O. The summed E-state index contributed by atoms with van der Waals surface area (Å²) in [6, 6.07) is 14.0. The summed E-state index contributed by atoms with van der Waals surface area (Å²) in [5.41, 5.74) is 3.15. The minimum absolute atomic E-state index is 0.0209. The molecule has 0 spiro atoms. The molecule has 1 aromatic carbocycles. The molecule has 2 atom stereocenters. The van der Waals surface area contributed by atoms with Gasteiger partial charge in [-0.3, -0.25) is 4.98 Å². The molecule has 1 aliphatic rings. The van der Waals surface area contributed by atoms with Gasteiger partial charge in [-0.25, -0.2) is 4.74 Å². The maximum atomic E-state index is 12.6. The maximum absolute atomic E-state index is 12.6. The Hall–Kier alpha value is -2.16. The van der Waals surface area contributed by atoms with Crippen LogP contribution in [0.2, 0.25) is 0 Å². The van der Waals surface area contributed by atoms with Gasteiger partial charge in [0.15, 0.2) is 11.8 Å². The Kier molecular flexibility index (Phi) is 3.50. The number of rotatable bonds is 3. The highest BCUT2D eigenvalue weighted by molar-refractivity contribution is 5.98. The lowest BCUT2D eigenvalue weighted by Gasteiger charge is -2.17. The molecule has 2 heterocycles. The molecule has 1 aromatic heterocycles. The van der Waals surface area contributed by atoms with Gasteiger partial charge < -0.3 is 5.21 Å². The van der Waals surface area contributed by atoms with Crippen LogP contribution in [0.15, 0.2) is 54.9 Å². The highest BCUT2D eigenvalue weighted by Gasteiger charge is 2.39. The van der Waals surface area contributed by atoms with Crippen molar-refractivity contribution in [3.05, 3.63) is 71.2 Å². The molecule has 2 aromatic rings. The van der Waals surface area contributed by atoms with Crippen molar-refractivity contribution >= 4 is 5.71 Å². The van der Waals surface area contributed by atoms with E-state index in [1.165, 1.54) is 10.3 Å². The van der Waals surface area contributed by atoms with E-state index < -0.39 is 0 Å². The van der Waals surface area contributed by atoms with Crippen molar-refractivity contribution < 1.29 is 4.74 Å². The van der Waals surface area contributed by atoms with Gasteiger partial charge in [0.1, 0.15) is 0 Å². The van der Waals surface area contributed by atoms with Crippen molar-refractivity contribution in [1.29, 1.82) is 0 Å². The molecule has 0 aliphatic carbocycles. The summed E-state index contributed by atoms with van der Waals surface area (Å²) in [4.78, 5) is 4.07. The van der Waals surface area contributed by atoms with Crippen molar-refractivity contribution in [1.82, 2.24) is 4.98 Å². The molecule has 3 rings (SSSR count). The van der Waals surface area contributed by atoms with Gasteiger partial charge in [-0.1, -0.05) is 25.1 Å². The number of pyridine rings is 1. The largest absolute Gasteiger partial charge is 0.623 e. The number of hydrogen-bond acceptors (Lipinski definition) is 2. The molecule has 0 radical (unpaired) electrons. The minimum atomic E-state index is 0.0209. The number of hydroxylamine groups is 1. The number of nitrogens with zero attached hydrogens (tertiary/aromatic N) is 2. The lowest BCUT2D eigenvalue weighted by Crippen LogP contribution is -2.23. The fraction of sp³-hybridized carbons (Fsp3) is 0.294. The number of benzene rings is 1. The van der Waals surface area contributed by atoms with Crippen LogP contribution >= 0.6 is 0 Å². The Labute approximate surface area is 119 Å². The first-order valence-electron chi connectivity index (χ1n) is 7.08. The van der Waals surface area contributed by atoms with Crippen molar-refractivity contribution in [2.45, 2.75) is 31.7 Å². The van der Waals surface area contributed by atoms with Gasteiger partial charge in [-0.05, 0) is 29.8 Å². The summed E-state index contributed by atoms with van der Waals surface area (Å²) in [6.45, 7) is 2.08. The molecule has 102 valence electrons. The lowest BCUT2D eigenvalue weighted by atomic mass is 9.88. The molecule has 0 amide bonds. The molecule has 1 aliphatic heterocycles. The fourth-order valence-electron chi connectivity index (χ4n) is 3.07. The quantitative estimate of drug-likeness (QED) is 0.631. The first-order valence-corrected chi connectivity index (χ1v) is 7.08. The smallest absolute Gasteiger partial charge is 0.195 e. The average Bonchev–Trinajstić information content (AvgIpc) is 2.86. The zero-order valence-electron chi connectivity index (χ0n) is 11.6. The van der Waals surface area contributed by atoms with E-state index in [0.717, 1.165) is 24.1 Å². The second-order valence-electron chi connectivity index (χ2n) is 5.21. The highest BCUT2D eigenvalue weighted by Crippen LogP contribution is 2.34. The molecule has 0 saturated heterocycles. The third kappa shape index (κ3) is 2.20. The van der Waals surface area contributed by atoms with E-state index in [1.54, 1.807) is 12.4 Å². The summed E-state index contributed by atoms with van der Waals surface area (Å²) in [5.74, 6) is 0.260. The van der Waals surface area contributed by atoms with Crippen LogP contribution in [-0.2, 0) is 0 Å². The Morgan fingerprint density at radius 1 is 1.15 bits per heavy atom. The molecule has 2 unspecified atom stereocenters. The lowest BCUT2D eigenvalue weighted by molar-refractivity contribution is -0.495. The van der Waals surface area contributed by atoms with Crippen LogP contribution in [0, 0.1) is 5.21 Å². The second-order valence-corrected chi connectivity index (χ2v) is 5.21. The Bertz CT molecular complexity index is 607. The van der Waals surface area contributed by atoms with Crippen LogP contribution in [0.25, 0.3) is 0 Å². The van der Waals surface area contributed by atoms with Gasteiger partial charge in [0.25, 0.3) is 0 Å². The van der Waals surface area contributed by atoms with E-state index in [0.29, 0.717) is 0 Å². The van der Waals surface area contributed by atoms with Crippen molar-refractivity contribution in [2.24, 2.45) is 0 Å². The summed E-state index contributed by atoms with van der Waals surface area (Å²) >= 11 is 0. The van der Waals surface area contributed by atoms with Crippen LogP contribution in [0.4, 0.5) is 0 Å². The van der Waals surface area contributed by atoms with Gasteiger partial charge in [0.2, 0.25) is 0 Å². The van der Waals surface area contributed by atoms with Crippen LogP contribution in [-0.4, -0.2) is 21.5 Å². The SMILES string of the molecule is CCC1C(c2ccncc2)CC(c2ccccc2)=[N+]1[O-]. The monoisotopic (exact) mass is 266 g/mol. The summed E-state index contributed by atoms with van der Waals surface area (Å²) in [7, 11) is 0. The van der Waals surface area contributed by atoms with Gasteiger partial charge in [0, 0.05) is 30.8 Å². The van der Waals surface area contributed by atoms with Crippen LogP contribution < -0.4 is 0 Å². The van der Waals surface area contributed by atoms with E-state index in [2.05, 4.69) is 11.9 Å². The van der Waals surface area contributed by atoms with Crippen LogP contribution in [0.3, 0.4) is 0 Å². The zero-order valence-corrected chi connectivity index (χ0v) is 11.6. The normalized spacial score (nSPS) is 22.2. The molecule has 3 heteroatoms. The van der Waals surface area contributed by atoms with Crippen molar-refractivity contribution in [3.63, 3.8) is 0 Å². The van der Waals surface area contributed by atoms with Gasteiger partial charge in [-0.15, -0.1) is 0 Å². The van der Waals surface area contributed by atoms with E-state index in [9.17, 15) is 5.21 Å². The van der Waals surface area contributed by atoms with E-state index in [4.69, 9.17) is 0 Å². The van der Waals surface area contributed by atoms with Gasteiger partial charge in [0.05, 0.1) is 5.92 Å². The molecule has 0 N–H and O–H groups in total. The Balaban J connectivity index is 1.96. The van der Waals surface area contributed by atoms with E-state index in [1.807, 2.05) is 42.5 Å². The first-order chi connectivity index (χ1) is 9.81. The third-order valence-electron chi connectivity index (χ3n) is 4.10. The van der Waals surface area contributed by atoms with Crippen LogP contribution in [0.1, 0.15) is 36.8 Å². The minimum Gasteiger partial charge on any atom is -0.623 e. The van der Waals surface area contributed by atoms with Gasteiger partial charge in [-0.2, -0.15) is 0 Å². The highest BCUT2D eigenvalue weighted by atomic mass is 16.5. The van der Waals surface area contributed by atoms with Crippen molar-refractivity contribution in [2.75, 3.05) is 0 Å². The topological polar surface area (TPSA) is 39.0 Å². The Morgan fingerprint density at radius 3 is 2.50 bits per heavy atom. The molecule has 0 fully saturated rings. The van der Waals surface area contributed by atoms with Crippen molar-refractivity contribution in [3.8, 4) is 0 Å².